The highest BCUT2D eigenvalue weighted by Crippen LogP contribution is 2.34. The van der Waals surface area contributed by atoms with Gasteiger partial charge in [-0.2, -0.15) is 4.52 Å². The van der Waals surface area contributed by atoms with Gasteiger partial charge < -0.3 is 14.7 Å². The Hall–Kier alpha value is -2.22. The number of carbonyl (C=O) groups is 1. The van der Waals surface area contributed by atoms with Gasteiger partial charge in [-0.3, -0.25) is 0 Å². The largest absolute Gasteiger partial charge is 0.479 e. The van der Waals surface area contributed by atoms with E-state index in [-0.39, 0.29) is 6.61 Å². The van der Waals surface area contributed by atoms with Crippen LogP contribution in [0.2, 0.25) is 0 Å². The van der Waals surface area contributed by atoms with Crippen molar-refractivity contribution in [1.82, 2.24) is 19.8 Å². The minimum atomic E-state index is -1.06. The number of hydrogen-bond donors (Lipinski definition) is 1. The van der Waals surface area contributed by atoms with Crippen molar-refractivity contribution in [1.29, 1.82) is 0 Å². The van der Waals surface area contributed by atoms with Gasteiger partial charge in [0.05, 0.1) is 6.61 Å². The number of carboxylic acids is 1. The summed E-state index contributed by atoms with van der Waals surface area (Å²) in [5.74, 6) is 0.380. The average molecular weight is 291 g/mol. The summed E-state index contributed by atoms with van der Waals surface area (Å²) < 4.78 is 6.77. The van der Waals surface area contributed by atoms with E-state index in [1.807, 2.05) is 0 Å². The lowest BCUT2D eigenvalue weighted by Gasteiger charge is -2.34. The van der Waals surface area contributed by atoms with Gasteiger partial charge in [0, 0.05) is 13.7 Å². The first kappa shape index (κ1) is 13.7. The van der Waals surface area contributed by atoms with E-state index in [0.717, 1.165) is 6.42 Å². The molecule has 1 aliphatic heterocycles. The Morgan fingerprint density at radius 1 is 1.48 bits per heavy atom. The highest BCUT2D eigenvalue weighted by Gasteiger charge is 2.48. The van der Waals surface area contributed by atoms with Gasteiger partial charge in [-0.15, -0.1) is 15.3 Å². The van der Waals surface area contributed by atoms with Gasteiger partial charge >= 0.3 is 5.97 Å². The molecule has 0 saturated carbocycles. The standard InChI is InChI=1S/C13H17N5O3/c1-9-14-15-10-4-5-11(16-18(9)10)17-7-3-6-13(17,8-21-2)12(19)20/h4-5H,3,6-8H2,1-2H3,(H,19,20). The summed E-state index contributed by atoms with van der Waals surface area (Å²) in [6.45, 7) is 2.57. The zero-order valence-corrected chi connectivity index (χ0v) is 12.0. The maximum atomic E-state index is 11.8. The molecular formula is C13H17N5O3. The number of methoxy groups -OCH3 is 1. The fourth-order valence-electron chi connectivity index (χ4n) is 2.92. The number of aliphatic carboxylic acids is 1. The van der Waals surface area contributed by atoms with Gasteiger partial charge in [0.15, 0.2) is 22.8 Å². The molecule has 0 aliphatic carbocycles. The third kappa shape index (κ3) is 2.02. The highest BCUT2D eigenvalue weighted by atomic mass is 16.5. The van der Waals surface area contributed by atoms with Gasteiger partial charge in [-0.05, 0) is 31.9 Å². The van der Waals surface area contributed by atoms with E-state index in [1.54, 1.807) is 28.5 Å². The predicted octanol–water partition coefficient (Wildman–Crippen LogP) is 0.503. The zero-order chi connectivity index (χ0) is 15.0. The first-order chi connectivity index (χ1) is 10.1. The Balaban J connectivity index is 2.07. The van der Waals surface area contributed by atoms with Gasteiger partial charge in [0.1, 0.15) is 0 Å². The van der Waals surface area contributed by atoms with Crippen LogP contribution in [0.3, 0.4) is 0 Å². The van der Waals surface area contributed by atoms with Crippen molar-refractivity contribution in [2.45, 2.75) is 25.3 Å². The summed E-state index contributed by atoms with van der Waals surface area (Å²) in [5, 5.41) is 22.1. The van der Waals surface area contributed by atoms with Crippen LogP contribution in [-0.2, 0) is 9.53 Å². The molecule has 0 spiro atoms. The lowest BCUT2D eigenvalue weighted by atomic mass is 9.97. The van der Waals surface area contributed by atoms with Crippen LogP contribution in [-0.4, -0.2) is 56.7 Å². The molecule has 3 rings (SSSR count). The molecule has 0 amide bonds. The molecule has 8 heteroatoms. The molecule has 3 heterocycles. The average Bonchev–Trinajstić information content (AvgIpc) is 3.04. The highest BCUT2D eigenvalue weighted by molar-refractivity contribution is 5.84. The summed E-state index contributed by atoms with van der Waals surface area (Å²) in [7, 11) is 1.52. The molecule has 1 unspecified atom stereocenters. The van der Waals surface area contributed by atoms with E-state index in [1.165, 1.54) is 7.11 Å². The van der Waals surface area contributed by atoms with Gasteiger partial charge in [-0.1, -0.05) is 0 Å². The van der Waals surface area contributed by atoms with Gasteiger partial charge in [0.2, 0.25) is 0 Å². The lowest BCUT2D eigenvalue weighted by molar-refractivity contribution is -0.145. The molecule has 0 bridgehead atoms. The molecule has 0 aromatic carbocycles. The Labute approximate surface area is 121 Å². The van der Waals surface area contributed by atoms with Crippen molar-refractivity contribution in [2.24, 2.45) is 0 Å². The van der Waals surface area contributed by atoms with Crippen LogP contribution >= 0.6 is 0 Å². The summed E-state index contributed by atoms with van der Waals surface area (Å²) in [6.07, 6.45) is 1.33. The Morgan fingerprint density at radius 3 is 3.00 bits per heavy atom. The number of aryl methyl sites for hydroxylation is 1. The second-order valence-corrected chi connectivity index (χ2v) is 5.23. The molecule has 2 aromatic heterocycles. The molecule has 1 atom stereocenters. The number of carboxylic acid groups (broad SMARTS) is 1. The number of anilines is 1. The van der Waals surface area contributed by atoms with E-state index >= 15 is 0 Å². The Bertz CT molecular complexity index is 685. The molecule has 2 aromatic rings. The summed E-state index contributed by atoms with van der Waals surface area (Å²) in [4.78, 5) is 13.6. The van der Waals surface area contributed by atoms with E-state index in [2.05, 4.69) is 15.3 Å². The number of rotatable bonds is 4. The van der Waals surface area contributed by atoms with Crippen molar-refractivity contribution in [3.63, 3.8) is 0 Å². The van der Waals surface area contributed by atoms with Gasteiger partial charge in [-0.25, -0.2) is 4.79 Å². The molecular weight excluding hydrogens is 274 g/mol. The van der Waals surface area contributed by atoms with Crippen LogP contribution in [0.1, 0.15) is 18.7 Å². The van der Waals surface area contributed by atoms with Crippen molar-refractivity contribution in [3.8, 4) is 0 Å². The first-order valence-corrected chi connectivity index (χ1v) is 6.77. The van der Waals surface area contributed by atoms with E-state index in [9.17, 15) is 9.90 Å². The minimum Gasteiger partial charge on any atom is -0.479 e. The SMILES string of the molecule is COCC1(C(=O)O)CCCN1c1ccc2nnc(C)n2n1. The Kier molecular flexibility index (Phi) is 3.25. The molecule has 1 saturated heterocycles. The number of nitrogens with zero attached hydrogens (tertiary/aromatic N) is 5. The summed E-state index contributed by atoms with van der Waals surface area (Å²) in [6, 6.07) is 3.57. The second kappa shape index (κ2) is 4.96. The third-order valence-electron chi connectivity index (χ3n) is 3.95. The van der Waals surface area contributed by atoms with E-state index in [4.69, 9.17) is 4.74 Å². The number of fused-ring (bicyclic) bond motifs is 1. The second-order valence-electron chi connectivity index (χ2n) is 5.23. The smallest absolute Gasteiger partial charge is 0.332 e. The minimum absolute atomic E-state index is 0.128. The predicted molar refractivity (Wildman–Crippen MR) is 74.3 cm³/mol. The molecule has 1 N–H and O–H groups in total. The Morgan fingerprint density at radius 2 is 2.29 bits per heavy atom. The summed E-state index contributed by atoms with van der Waals surface area (Å²) in [5.41, 5.74) is -0.416. The normalized spacial score (nSPS) is 22.1. The van der Waals surface area contributed by atoms with Crippen molar-refractivity contribution >= 4 is 17.4 Å². The van der Waals surface area contributed by atoms with Crippen LogP contribution in [0.5, 0.6) is 0 Å². The fourth-order valence-corrected chi connectivity index (χ4v) is 2.92. The van der Waals surface area contributed by atoms with Gasteiger partial charge in [0.25, 0.3) is 0 Å². The van der Waals surface area contributed by atoms with Crippen molar-refractivity contribution in [3.05, 3.63) is 18.0 Å². The molecule has 1 fully saturated rings. The molecule has 8 nitrogen and oxygen atoms in total. The van der Waals surface area contributed by atoms with Crippen LogP contribution < -0.4 is 4.90 Å². The van der Waals surface area contributed by atoms with E-state index < -0.39 is 11.5 Å². The van der Waals surface area contributed by atoms with Crippen LogP contribution in [0.15, 0.2) is 12.1 Å². The topological polar surface area (TPSA) is 92.9 Å². The molecule has 1 aliphatic rings. The summed E-state index contributed by atoms with van der Waals surface area (Å²) >= 11 is 0. The monoisotopic (exact) mass is 291 g/mol. The number of aromatic nitrogens is 4. The molecule has 112 valence electrons. The van der Waals surface area contributed by atoms with Crippen molar-refractivity contribution < 1.29 is 14.6 Å². The molecule has 0 radical (unpaired) electrons. The molecule has 21 heavy (non-hydrogen) atoms. The van der Waals surface area contributed by atoms with E-state index in [0.29, 0.717) is 30.3 Å². The zero-order valence-electron chi connectivity index (χ0n) is 12.0. The fraction of sp³-hybridized carbons (Fsp3) is 0.538. The maximum absolute atomic E-state index is 11.8. The maximum Gasteiger partial charge on any atom is 0.332 e. The van der Waals surface area contributed by atoms with Crippen LogP contribution in [0.25, 0.3) is 5.65 Å². The first-order valence-electron chi connectivity index (χ1n) is 6.77. The van der Waals surface area contributed by atoms with Crippen LogP contribution in [0, 0.1) is 6.92 Å². The quantitative estimate of drug-likeness (QED) is 0.876. The van der Waals surface area contributed by atoms with Crippen molar-refractivity contribution in [2.75, 3.05) is 25.2 Å². The number of hydrogen-bond acceptors (Lipinski definition) is 6. The van der Waals surface area contributed by atoms with Crippen LogP contribution in [0.4, 0.5) is 5.82 Å². The lowest BCUT2D eigenvalue weighted by Crippen LogP contribution is -2.54. The number of ether oxygens (including phenoxy) is 1. The third-order valence-corrected chi connectivity index (χ3v) is 3.95.